The van der Waals surface area contributed by atoms with Crippen molar-refractivity contribution in [1.29, 1.82) is 0 Å². The fraction of sp³-hybridized carbons (Fsp3) is 0.133. The van der Waals surface area contributed by atoms with Gasteiger partial charge in [-0.25, -0.2) is 4.79 Å². The van der Waals surface area contributed by atoms with Gasteiger partial charge in [-0.15, -0.1) is 0 Å². The van der Waals surface area contributed by atoms with E-state index >= 15 is 0 Å². The molecule has 2 aromatic carbocycles. The molecule has 0 radical (unpaired) electrons. The number of azide groups is 1. The Balaban J connectivity index is 2.28. The van der Waals surface area contributed by atoms with Gasteiger partial charge in [-0.05, 0) is 23.7 Å². The third kappa shape index (κ3) is 3.28. The SMILES string of the molecule is COc1ccc(OC(=O)c2ccccc2N=[N+]=[N-])cc1OC. The number of ether oxygens (including phenoxy) is 3. The molecule has 0 bridgehead atoms. The minimum atomic E-state index is -0.629. The summed E-state index contributed by atoms with van der Waals surface area (Å²) in [6, 6.07) is 11.1. The van der Waals surface area contributed by atoms with Gasteiger partial charge < -0.3 is 14.2 Å². The third-order valence-corrected chi connectivity index (χ3v) is 2.84. The second-order valence-electron chi connectivity index (χ2n) is 4.11. The van der Waals surface area contributed by atoms with Gasteiger partial charge in [-0.2, -0.15) is 0 Å². The zero-order valence-electron chi connectivity index (χ0n) is 12.0. The lowest BCUT2D eigenvalue weighted by molar-refractivity contribution is 0.0735. The van der Waals surface area contributed by atoms with E-state index in [-0.39, 0.29) is 11.3 Å². The van der Waals surface area contributed by atoms with Gasteiger partial charge in [0.15, 0.2) is 11.5 Å². The number of esters is 1. The monoisotopic (exact) mass is 299 g/mol. The first-order valence-electron chi connectivity index (χ1n) is 6.28. The molecule has 0 fully saturated rings. The van der Waals surface area contributed by atoms with Crippen LogP contribution in [0.15, 0.2) is 47.6 Å². The average Bonchev–Trinajstić information content (AvgIpc) is 2.55. The highest BCUT2D eigenvalue weighted by Gasteiger charge is 2.14. The van der Waals surface area contributed by atoms with Crippen LogP contribution in [0, 0.1) is 0 Å². The fourth-order valence-electron chi connectivity index (χ4n) is 1.82. The molecule has 0 aliphatic carbocycles. The molecular formula is C15H13N3O4. The number of hydrogen-bond donors (Lipinski definition) is 0. The molecule has 112 valence electrons. The largest absolute Gasteiger partial charge is 0.493 e. The van der Waals surface area contributed by atoms with E-state index in [2.05, 4.69) is 10.0 Å². The summed E-state index contributed by atoms with van der Waals surface area (Å²) in [5.74, 6) is 0.626. The zero-order valence-corrected chi connectivity index (χ0v) is 12.0. The molecule has 22 heavy (non-hydrogen) atoms. The van der Waals surface area contributed by atoms with Crippen LogP contribution < -0.4 is 14.2 Å². The lowest BCUT2D eigenvalue weighted by Gasteiger charge is -2.10. The summed E-state index contributed by atoms with van der Waals surface area (Å²) in [4.78, 5) is 14.9. The number of rotatable bonds is 5. The van der Waals surface area contributed by atoms with Crippen LogP contribution in [0.25, 0.3) is 10.4 Å². The van der Waals surface area contributed by atoms with Crippen molar-refractivity contribution >= 4 is 11.7 Å². The number of methoxy groups -OCH3 is 2. The van der Waals surface area contributed by atoms with Gasteiger partial charge in [-0.1, -0.05) is 23.3 Å². The van der Waals surface area contributed by atoms with Crippen molar-refractivity contribution < 1.29 is 19.0 Å². The highest BCUT2D eigenvalue weighted by atomic mass is 16.5. The molecule has 0 spiro atoms. The van der Waals surface area contributed by atoms with Crippen molar-refractivity contribution in [2.75, 3.05) is 14.2 Å². The van der Waals surface area contributed by atoms with E-state index in [1.54, 1.807) is 24.3 Å². The predicted octanol–water partition coefficient (Wildman–Crippen LogP) is 3.86. The van der Waals surface area contributed by atoms with Crippen LogP contribution in [0.4, 0.5) is 5.69 Å². The Hall–Kier alpha value is -3.18. The average molecular weight is 299 g/mol. The van der Waals surface area contributed by atoms with Crippen molar-refractivity contribution in [3.05, 3.63) is 58.5 Å². The first kappa shape index (κ1) is 15.2. The summed E-state index contributed by atoms with van der Waals surface area (Å²) >= 11 is 0. The van der Waals surface area contributed by atoms with E-state index in [0.29, 0.717) is 17.2 Å². The smallest absolute Gasteiger partial charge is 0.343 e. The Labute approximate surface area is 126 Å². The lowest BCUT2D eigenvalue weighted by Crippen LogP contribution is -2.08. The van der Waals surface area contributed by atoms with Crippen LogP contribution in [0.3, 0.4) is 0 Å². The number of benzene rings is 2. The normalized spacial score (nSPS) is 9.55. The van der Waals surface area contributed by atoms with E-state index < -0.39 is 5.97 Å². The molecule has 0 amide bonds. The van der Waals surface area contributed by atoms with Gasteiger partial charge in [0, 0.05) is 11.0 Å². The first-order chi connectivity index (χ1) is 10.7. The molecule has 2 aromatic rings. The summed E-state index contributed by atoms with van der Waals surface area (Å²) in [5, 5.41) is 3.47. The van der Waals surface area contributed by atoms with Gasteiger partial charge in [-0.3, -0.25) is 0 Å². The van der Waals surface area contributed by atoms with Gasteiger partial charge in [0.1, 0.15) is 5.75 Å². The molecule has 0 unspecified atom stereocenters. The molecule has 7 heteroatoms. The first-order valence-corrected chi connectivity index (χ1v) is 6.28. The number of nitrogens with zero attached hydrogens (tertiary/aromatic N) is 3. The Morgan fingerprint density at radius 1 is 1.09 bits per heavy atom. The van der Waals surface area contributed by atoms with E-state index in [0.717, 1.165) is 0 Å². The molecule has 7 nitrogen and oxygen atoms in total. The minimum Gasteiger partial charge on any atom is -0.493 e. The third-order valence-electron chi connectivity index (χ3n) is 2.84. The molecule has 0 atom stereocenters. The second-order valence-corrected chi connectivity index (χ2v) is 4.11. The van der Waals surface area contributed by atoms with E-state index in [1.165, 1.54) is 32.4 Å². The molecule has 0 heterocycles. The molecule has 2 rings (SSSR count). The van der Waals surface area contributed by atoms with E-state index in [4.69, 9.17) is 19.7 Å². The van der Waals surface area contributed by atoms with Crippen molar-refractivity contribution in [3.63, 3.8) is 0 Å². The fourth-order valence-corrected chi connectivity index (χ4v) is 1.82. The van der Waals surface area contributed by atoms with Crippen LogP contribution in [-0.4, -0.2) is 20.2 Å². The van der Waals surface area contributed by atoms with Crippen LogP contribution in [0.1, 0.15) is 10.4 Å². The standard InChI is InChI=1S/C15H13N3O4/c1-20-13-8-7-10(9-14(13)21-2)22-15(19)11-5-3-4-6-12(11)17-18-16/h3-9H,1-2H3. The summed E-state index contributed by atoms with van der Waals surface area (Å²) in [6.07, 6.45) is 0. The van der Waals surface area contributed by atoms with Crippen LogP contribution in [0.5, 0.6) is 17.2 Å². The molecule has 0 saturated heterocycles. The molecular weight excluding hydrogens is 286 g/mol. The number of hydrogen-bond acceptors (Lipinski definition) is 5. The predicted molar refractivity (Wildman–Crippen MR) is 79.8 cm³/mol. The molecule has 0 aromatic heterocycles. The Bertz CT molecular complexity index is 739. The quantitative estimate of drug-likeness (QED) is 0.275. The summed E-state index contributed by atoms with van der Waals surface area (Å²) in [7, 11) is 3.00. The summed E-state index contributed by atoms with van der Waals surface area (Å²) < 4.78 is 15.5. The Morgan fingerprint density at radius 3 is 2.50 bits per heavy atom. The zero-order chi connectivity index (χ0) is 15.9. The Morgan fingerprint density at radius 2 is 1.82 bits per heavy atom. The van der Waals surface area contributed by atoms with Crippen molar-refractivity contribution in [2.24, 2.45) is 5.11 Å². The van der Waals surface area contributed by atoms with Crippen molar-refractivity contribution in [2.45, 2.75) is 0 Å². The molecule has 0 aliphatic rings. The van der Waals surface area contributed by atoms with Crippen LogP contribution in [0.2, 0.25) is 0 Å². The summed E-state index contributed by atoms with van der Waals surface area (Å²) in [6.45, 7) is 0. The van der Waals surface area contributed by atoms with Gasteiger partial charge in [0.25, 0.3) is 0 Å². The van der Waals surface area contributed by atoms with Crippen LogP contribution >= 0.6 is 0 Å². The number of carbonyl (C=O) groups excluding carboxylic acids is 1. The maximum Gasteiger partial charge on any atom is 0.343 e. The topological polar surface area (TPSA) is 93.5 Å². The van der Waals surface area contributed by atoms with Gasteiger partial charge in [0.2, 0.25) is 0 Å². The van der Waals surface area contributed by atoms with Gasteiger partial charge >= 0.3 is 5.97 Å². The van der Waals surface area contributed by atoms with Gasteiger partial charge in [0.05, 0.1) is 25.5 Å². The molecule has 0 saturated carbocycles. The van der Waals surface area contributed by atoms with Crippen molar-refractivity contribution in [1.82, 2.24) is 0 Å². The maximum atomic E-state index is 12.2. The van der Waals surface area contributed by atoms with E-state index in [1.807, 2.05) is 0 Å². The molecule has 0 aliphatic heterocycles. The summed E-state index contributed by atoms with van der Waals surface area (Å²) in [5.41, 5.74) is 8.90. The molecule has 0 N–H and O–H groups in total. The second kappa shape index (κ2) is 7.01. The highest BCUT2D eigenvalue weighted by Crippen LogP contribution is 2.31. The highest BCUT2D eigenvalue weighted by molar-refractivity contribution is 5.96. The maximum absolute atomic E-state index is 12.2. The van der Waals surface area contributed by atoms with Crippen molar-refractivity contribution in [3.8, 4) is 17.2 Å². The Kier molecular flexibility index (Phi) is 4.85. The number of carbonyl (C=O) groups is 1. The minimum absolute atomic E-state index is 0.176. The van der Waals surface area contributed by atoms with E-state index in [9.17, 15) is 4.79 Å². The van der Waals surface area contributed by atoms with Crippen LogP contribution in [-0.2, 0) is 0 Å². The lowest BCUT2D eigenvalue weighted by atomic mass is 10.2.